The molecule has 0 radical (unpaired) electrons. The maximum Gasteiger partial charge on any atom is 0.308 e. The number of fused-ring (bicyclic) bond motifs is 1. The van der Waals surface area contributed by atoms with Crippen molar-refractivity contribution >= 4 is 48.9 Å². The van der Waals surface area contributed by atoms with Crippen LogP contribution in [0, 0.1) is 13.8 Å². The van der Waals surface area contributed by atoms with E-state index in [1.807, 2.05) is 33.8 Å². The molecule has 3 aromatic rings. The topological polar surface area (TPSA) is 88.5 Å². The van der Waals surface area contributed by atoms with Gasteiger partial charge in [-0.1, -0.05) is 23.5 Å². The molecule has 0 aliphatic rings. The summed E-state index contributed by atoms with van der Waals surface area (Å²) in [4.78, 5) is 24.8. The maximum absolute atomic E-state index is 12.7. The summed E-state index contributed by atoms with van der Waals surface area (Å²) in [6, 6.07) is 10.6. The average Bonchev–Trinajstić information content (AvgIpc) is 2.96. The number of hydrogen-bond donors (Lipinski definition) is 1. The maximum atomic E-state index is 12.7. The highest BCUT2D eigenvalue weighted by Gasteiger charge is 2.23. The molecule has 0 atom stereocenters. The molecule has 1 heterocycles. The smallest absolute Gasteiger partial charge is 0.308 e. The Bertz CT molecular complexity index is 1270. The molecule has 9 heteroatoms. The van der Waals surface area contributed by atoms with Crippen molar-refractivity contribution in [2.24, 2.45) is 0 Å². The lowest BCUT2D eigenvalue weighted by Crippen LogP contribution is -2.38. The Morgan fingerprint density at radius 2 is 1.90 bits per heavy atom. The number of carbonyl (C=O) groups excluding carboxylic acids is 1. The first-order valence-electron chi connectivity index (χ1n) is 9.48. The number of anilines is 2. The van der Waals surface area contributed by atoms with Crippen molar-refractivity contribution in [1.29, 1.82) is 0 Å². The molecule has 0 saturated heterocycles. The van der Waals surface area contributed by atoms with E-state index in [0.717, 1.165) is 43.2 Å². The van der Waals surface area contributed by atoms with E-state index in [0.29, 0.717) is 11.4 Å². The summed E-state index contributed by atoms with van der Waals surface area (Å²) in [7, 11) is -3.66. The number of aromatic nitrogens is 1. The molecule has 0 spiro atoms. The zero-order valence-corrected chi connectivity index (χ0v) is 19.2. The van der Waals surface area contributed by atoms with Crippen LogP contribution in [0.4, 0.5) is 11.4 Å². The Morgan fingerprint density at radius 1 is 1.20 bits per heavy atom. The fourth-order valence-corrected chi connectivity index (χ4v) is 5.28. The lowest BCUT2D eigenvalue weighted by molar-refractivity contribution is -0.114. The molecule has 1 amide bonds. The van der Waals surface area contributed by atoms with Crippen molar-refractivity contribution in [3.05, 3.63) is 57.2 Å². The van der Waals surface area contributed by atoms with Gasteiger partial charge in [-0.05, 0) is 63.1 Å². The quantitative estimate of drug-likeness (QED) is 0.624. The Balaban J connectivity index is 1.87. The molecule has 2 aromatic carbocycles. The zero-order valence-electron chi connectivity index (χ0n) is 17.6. The molecule has 7 nitrogen and oxygen atoms in total. The van der Waals surface area contributed by atoms with E-state index >= 15 is 0 Å². The molecular formula is C21H25N3O4S2. The summed E-state index contributed by atoms with van der Waals surface area (Å²) in [6.07, 6.45) is 1.08. The van der Waals surface area contributed by atoms with Gasteiger partial charge >= 0.3 is 4.87 Å². The van der Waals surface area contributed by atoms with Crippen LogP contribution in [0.2, 0.25) is 0 Å². The van der Waals surface area contributed by atoms with E-state index in [4.69, 9.17) is 0 Å². The Kier molecular flexibility index (Phi) is 6.05. The van der Waals surface area contributed by atoms with Gasteiger partial charge in [-0.3, -0.25) is 18.5 Å². The molecule has 0 fully saturated rings. The van der Waals surface area contributed by atoms with Crippen LogP contribution in [0.5, 0.6) is 0 Å². The third-order valence-electron chi connectivity index (χ3n) is 4.95. The average molecular weight is 448 g/mol. The summed E-state index contributed by atoms with van der Waals surface area (Å²) in [5.41, 5.74) is 3.55. The van der Waals surface area contributed by atoms with Gasteiger partial charge in [0.2, 0.25) is 15.9 Å². The third-order valence-corrected chi connectivity index (χ3v) is 6.99. The first kappa shape index (κ1) is 22.0. The number of aryl methyl sites for hydroxylation is 1. The van der Waals surface area contributed by atoms with Gasteiger partial charge < -0.3 is 5.32 Å². The number of benzene rings is 2. The van der Waals surface area contributed by atoms with Crippen molar-refractivity contribution in [3.63, 3.8) is 0 Å². The molecule has 0 aliphatic carbocycles. The van der Waals surface area contributed by atoms with E-state index in [2.05, 4.69) is 5.32 Å². The standard InChI is InChI=1S/C21H25N3O4S2/c1-13(2)24-18-10-9-16(11-19(18)29-21(24)26)22-20(25)12-23(30(5,27)28)17-8-6-7-14(3)15(17)4/h6-11,13H,12H2,1-5H3,(H,22,25). The molecule has 3 rings (SSSR count). The largest absolute Gasteiger partial charge is 0.324 e. The van der Waals surface area contributed by atoms with Crippen LogP contribution in [0.3, 0.4) is 0 Å². The number of nitrogens with one attached hydrogen (secondary N) is 1. The number of hydrogen-bond acceptors (Lipinski definition) is 5. The van der Waals surface area contributed by atoms with Gasteiger partial charge in [0.05, 0.1) is 22.2 Å². The van der Waals surface area contributed by atoms with Gasteiger partial charge in [-0.15, -0.1) is 0 Å². The Labute approximate surface area is 180 Å². The van der Waals surface area contributed by atoms with E-state index in [9.17, 15) is 18.0 Å². The minimum Gasteiger partial charge on any atom is -0.324 e. The van der Waals surface area contributed by atoms with E-state index in [-0.39, 0.29) is 17.5 Å². The van der Waals surface area contributed by atoms with Crippen LogP contribution in [0.1, 0.15) is 31.0 Å². The summed E-state index contributed by atoms with van der Waals surface area (Å²) in [6.45, 7) is 7.26. The molecule has 0 unspecified atom stereocenters. The number of carbonyl (C=O) groups is 1. The van der Waals surface area contributed by atoms with Gasteiger partial charge in [-0.25, -0.2) is 8.42 Å². The normalized spacial score (nSPS) is 11.8. The number of rotatable bonds is 6. The van der Waals surface area contributed by atoms with Crippen LogP contribution >= 0.6 is 11.3 Å². The Morgan fingerprint density at radius 3 is 2.53 bits per heavy atom. The molecule has 160 valence electrons. The predicted octanol–water partition coefficient (Wildman–Crippen LogP) is 3.67. The van der Waals surface area contributed by atoms with Crippen molar-refractivity contribution in [2.45, 2.75) is 33.7 Å². The number of thiazole rings is 1. The van der Waals surface area contributed by atoms with Crippen LogP contribution in [0.15, 0.2) is 41.2 Å². The molecule has 1 N–H and O–H groups in total. The van der Waals surface area contributed by atoms with Crippen LogP contribution in [-0.2, 0) is 14.8 Å². The van der Waals surface area contributed by atoms with E-state index in [1.54, 1.807) is 34.9 Å². The lowest BCUT2D eigenvalue weighted by atomic mass is 10.1. The number of amides is 1. The van der Waals surface area contributed by atoms with E-state index < -0.39 is 15.9 Å². The van der Waals surface area contributed by atoms with Gasteiger partial charge in [-0.2, -0.15) is 0 Å². The van der Waals surface area contributed by atoms with Crippen molar-refractivity contribution < 1.29 is 13.2 Å². The first-order valence-corrected chi connectivity index (χ1v) is 12.1. The molecule has 0 saturated carbocycles. The Hall–Kier alpha value is -2.65. The van der Waals surface area contributed by atoms with Crippen LogP contribution in [0.25, 0.3) is 10.2 Å². The van der Waals surface area contributed by atoms with Gasteiger partial charge in [0.25, 0.3) is 0 Å². The van der Waals surface area contributed by atoms with E-state index in [1.165, 1.54) is 0 Å². The fourth-order valence-electron chi connectivity index (χ4n) is 3.32. The second-order valence-electron chi connectivity index (χ2n) is 7.55. The summed E-state index contributed by atoms with van der Waals surface area (Å²) in [5.74, 6) is -0.462. The van der Waals surface area contributed by atoms with Crippen LogP contribution in [-0.4, -0.2) is 31.7 Å². The second kappa shape index (κ2) is 8.23. The highest BCUT2D eigenvalue weighted by atomic mass is 32.2. The number of sulfonamides is 1. The predicted molar refractivity (Wildman–Crippen MR) is 123 cm³/mol. The summed E-state index contributed by atoms with van der Waals surface area (Å²) in [5, 5.41) is 2.75. The van der Waals surface area contributed by atoms with Crippen molar-refractivity contribution in [2.75, 3.05) is 22.4 Å². The SMILES string of the molecule is Cc1cccc(N(CC(=O)Nc2ccc3c(c2)sc(=O)n3C(C)C)S(C)(=O)=O)c1C. The lowest BCUT2D eigenvalue weighted by Gasteiger charge is -2.24. The van der Waals surface area contributed by atoms with Gasteiger partial charge in [0.15, 0.2) is 0 Å². The van der Waals surface area contributed by atoms with Crippen molar-refractivity contribution in [3.8, 4) is 0 Å². The second-order valence-corrected chi connectivity index (χ2v) is 10.5. The zero-order chi connectivity index (χ0) is 22.2. The highest BCUT2D eigenvalue weighted by Crippen LogP contribution is 2.26. The molecule has 1 aromatic heterocycles. The van der Waals surface area contributed by atoms with Gasteiger partial charge in [0, 0.05) is 11.7 Å². The minimum absolute atomic E-state index is 0.0348. The molecular weight excluding hydrogens is 422 g/mol. The molecule has 30 heavy (non-hydrogen) atoms. The van der Waals surface area contributed by atoms with Crippen molar-refractivity contribution in [1.82, 2.24) is 4.57 Å². The summed E-state index contributed by atoms with van der Waals surface area (Å²) >= 11 is 1.12. The highest BCUT2D eigenvalue weighted by molar-refractivity contribution is 7.92. The van der Waals surface area contributed by atoms with Crippen LogP contribution < -0.4 is 14.5 Å². The fraction of sp³-hybridized carbons (Fsp3) is 0.333. The number of nitrogens with zero attached hydrogens (tertiary/aromatic N) is 2. The minimum atomic E-state index is -3.66. The monoisotopic (exact) mass is 447 g/mol. The molecule has 0 aliphatic heterocycles. The summed E-state index contributed by atoms with van der Waals surface area (Å²) < 4.78 is 28.3. The first-order chi connectivity index (χ1) is 14.0. The van der Waals surface area contributed by atoms with Gasteiger partial charge in [0.1, 0.15) is 6.54 Å². The third kappa shape index (κ3) is 4.41. The molecule has 0 bridgehead atoms.